The van der Waals surface area contributed by atoms with Gasteiger partial charge in [-0.05, 0) is 24.1 Å². The Morgan fingerprint density at radius 1 is 1.13 bits per heavy atom. The molecule has 1 aromatic heterocycles. The second-order valence-electron chi connectivity index (χ2n) is 5.03. The Morgan fingerprint density at radius 2 is 1.96 bits per heavy atom. The Kier molecular flexibility index (Phi) is 4.78. The molecule has 0 spiro atoms. The first-order chi connectivity index (χ1) is 11.2. The molecule has 3 rings (SSSR count). The van der Waals surface area contributed by atoms with Crippen molar-refractivity contribution in [3.8, 4) is 10.6 Å². The fourth-order valence-electron chi connectivity index (χ4n) is 2.19. The van der Waals surface area contributed by atoms with Crippen LogP contribution in [-0.2, 0) is 6.42 Å². The number of nitrogens with zero attached hydrogens (tertiary/aromatic N) is 1. The van der Waals surface area contributed by atoms with E-state index in [0.717, 1.165) is 16.1 Å². The molecule has 5 heteroatoms. The molecule has 23 heavy (non-hydrogen) atoms. The molecule has 0 aliphatic rings. The van der Waals surface area contributed by atoms with Crippen LogP contribution >= 0.6 is 11.3 Å². The Balaban J connectivity index is 1.58. The summed E-state index contributed by atoms with van der Waals surface area (Å²) < 4.78 is 13.1. The molecule has 0 bridgehead atoms. The van der Waals surface area contributed by atoms with Gasteiger partial charge in [0.1, 0.15) is 15.7 Å². The maximum absolute atomic E-state index is 13.1. The molecule has 0 aliphatic heterocycles. The van der Waals surface area contributed by atoms with Crippen LogP contribution < -0.4 is 5.32 Å². The quantitative estimate of drug-likeness (QED) is 0.772. The zero-order valence-corrected chi connectivity index (χ0v) is 13.1. The fraction of sp³-hybridized carbons (Fsp3) is 0.111. The van der Waals surface area contributed by atoms with Gasteiger partial charge in [-0.25, -0.2) is 9.37 Å². The van der Waals surface area contributed by atoms with Gasteiger partial charge in [0.25, 0.3) is 5.91 Å². The molecule has 0 radical (unpaired) electrons. The van der Waals surface area contributed by atoms with Crippen LogP contribution in [0, 0.1) is 5.82 Å². The van der Waals surface area contributed by atoms with Crippen molar-refractivity contribution in [3.05, 3.63) is 77.1 Å². The lowest BCUT2D eigenvalue weighted by Gasteiger charge is -2.03. The molecule has 0 fully saturated rings. The molecular weight excluding hydrogens is 311 g/mol. The van der Waals surface area contributed by atoms with Crippen molar-refractivity contribution in [2.45, 2.75) is 6.42 Å². The number of aromatic nitrogens is 1. The topological polar surface area (TPSA) is 42.0 Å². The van der Waals surface area contributed by atoms with E-state index < -0.39 is 0 Å². The predicted octanol–water partition coefficient (Wildman–Crippen LogP) is 3.92. The Morgan fingerprint density at radius 3 is 2.74 bits per heavy atom. The summed E-state index contributed by atoms with van der Waals surface area (Å²) in [6.07, 6.45) is 2.18. The van der Waals surface area contributed by atoms with E-state index in [1.165, 1.54) is 23.5 Å². The maximum Gasteiger partial charge on any atom is 0.263 e. The zero-order valence-electron chi connectivity index (χ0n) is 12.3. The third-order valence-electron chi connectivity index (χ3n) is 3.34. The Bertz CT molecular complexity index is 802. The van der Waals surface area contributed by atoms with Crippen LogP contribution in [0.1, 0.15) is 15.2 Å². The number of rotatable bonds is 5. The Hall–Kier alpha value is -2.53. The van der Waals surface area contributed by atoms with E-state index in [2.05, 4.69) is 10.3 Å². The SMILES string of the molecule is O=C(NCCc1cccc(F)c1)c1cnc(-c2ccccc2)s1. The number of carbonyl (C=O) groups excluding carboxylic acids is 1. The first-order valence-electron chi connectivity index (χ1n) is 7.26. The third-order valence-corrected chi connectivity index (χ3v) is 4.38. The van der Waals surface area contributed by atoms with Gasteiger partial charge < -0.3 is 5.32 Å². The van der Waals surface area contributed by atoms with Crippen LogP contribution in [-0.4, -0.2) is 17.4 Å². The number of halogens is 1. The molecule has 116 valence electrons. The highest BCUT2D eigenvalue weighted by molar-refractivity contribution is 7.16. The molecule has 0 aliphatic carbocycles. The molecule has 3 nitrogen and oxygen atoms in total. The predicted molar refractivity (Wildman–Crippen MR) is 90.0 cm³/mol. The summed E-state index contributed by atoms with van der Waals surface area (Å²) in [6, 6.07) is 16.1. The van der Waals surface area contributed by atoms with Gasteiger partial charge in [0, 0.05) is 12.1 Å². The highest BCUT2D eigenvalue weighted by Crippen LogP contribution is 2.24. The van der Waals surface area contributed by atoms with Gasteiger partial charge in [0.05, 0.1) is 6.20 Å². The summed E-state index contributed by atoms with van der Waals surface area (Å²) in [5.74, 6) is -0.412. The van der Waals surface area contributed by atoms with Crippen LogP contribution in [0.15, 0.2) is 60.8 Å². The molecule has 2 aromatic carbocycles. The molecule has 1 heterocycles. The number of thiazole rings is 1. The van der Waals surface area contributed by atoms with Crippen LogP contribution in [0.3, 0.4) is 0 Å². The van der Waals surface area contributed by atoms with Gasteiger partial charge in [-0.15, -0.1) is 11.3 Å². The molecule has 0 saturated carbocycles. The number of hydrogen-bond acceptors (Lipinski definition) is 3. The molecule has 0 saturated heterocycles. The van der Waals surface area contributed by atoms with Crippen molar-refractivity contribution in [1.82, 2.24) is 10.3 Å². The minimum Gasteiger partial charge on any atom is -0.351 e. The van der Waals surface area contributed by atoms with Crippen LogP contribution in [0.2, 0.25) is 0 Å². The van der Waals surface area contributed by atoms with Gasteiger partial charge in [-0.2, -0.15) is 0 Å². The van der Waals surface area contributed by atoms with Gasteiger partial charge >= 0.3 is 0 Å². The van der Waals surface area contributed by atoms with Gasteiger partial charge in [0.2, 0.25) is 0 Å². The van der Waals surface area contributed by atoms with Gasteiger partial charge in [-0.1, -0.05) is 42.5 Å². The molecule has 0 unspecified atom stereocenters. The average Bonchev–Trinajstić information content (AvgIpc) is 3.06. The number of amides is 1. The van der Waals surface area contributed by atoms with E-state index in [4.69, 9.17) is 0 Å². The van der Waals surface area contributed by atoms with Crippen LogP contribution in [0.5, 0.6) is 0 Å². The lowest BCUT2D eigenvalue weighted by Crippen LogP contribution is -2.24. The zero-order chi connectivity index (χ0) is 16.1. The van der Waals surface area contributed by atoms with E-state index >= 15 is 0 Å². The van der Waals surface area contributed by atoms with Crippen LogP contribution in [0.25, 0.3) is 10.6 Å². The molecule has 1 N–H and O–H groups in total. The first kappa shape index (κ1) is 15.4. The maximum atomic E-state index is 13.1. The lowest BCUT2D eigenvalue weighted by atomic mass is 10.1. The number of nitrogens with one attached hydrogen (secondary N) is 1. The largest absolute Gasteiger partial charge is 0.351 e. The van der Waals surface area contributed by atoms with Crippen molar-refractivity contribution in [1.29, 1.82) is 0 Å². The smallest absolute Gasteiger partial charge is 0.263 e. The van der Waals surface area contributed by atoms with E-state index in [1.807, 2.05) is 36.4 Å². The van der Waals surface area contributed by atoms with Crippen molar-refractivity contribution >= 4 is 17.2 Å². The lowest BCUT2D eigenvalue weighted by molar-refractivity contribution is 0.0958. The highest BCUT2D eigenvalue weighted by Gasteiger charge is 2.11. The van der Waals surface area contributed by atoms with E-state index in [9.17, 15) is 9.18 Å². The standard InChI is InChI=1S/C18H15FN2OS/c19-15-8-4-5-13(11-15)9-10-20-17(22)16-12-21-18(23-16)14-6-2-1-3-7-14/h1-8,11-12H,9-10H2,(H,20,22). The molecule has 3 aromatic rings. The van der Waals surface area contributed by atoms with E-state index in [-0.39, 0.29) is 11.7 Å². The highest BCUT2D eigenvalue weighted by atomic mass is 32.1. The Labute approximate surface area is 137 Å². The number of carbonyl (C=O) groups is 1. The van der Waals surface area contributed by atoms with E-state index in [1.54, 1.807) is 12.3 Å². The minimum absolute atomic E-state index is 0.152. The molecular formula is C18H15FN2OS. The van der Waals surface area contributed by atoms with Crippen molar-refractivity contribution in [2.24, 2.45) is 0 Å². The summed E-state index contributed by atoms with van der Waals surface area (Å²) in [5, 5.41) is 3.66. The van der Waals surface area contributed by atoms with Crippen LogP contribution in [0.4, 0.5) is 4.39 Å². The van der Waals surface area contributed by atoms with Crippen molar-refractivity contribution in [2.75, 3.05) is 6.54 Å². The number of benzene rings is 2. The minimum atomic E-state index is -0.260. The summed E-state index contributed by atoms with van der Waals surface area (Å²) in [7, 11) is 0. The molecule has 0 atom stereocenters. The van der Waals surface area contributed by atoms with E-state index in [0.29, 0.717) is 17.8 Å². The summed E-state index contributed by atoms with van der Waals surface area (Å²) in [5.41, 5.74) is 1.86. The fourth-order valence-corrected chi connectivity index (χ4v) is 3.03. The summed E-state index contributed by atoms with van der Waals surface area (Å²) in [4.78, 5) is 17.0. The summed E-state index contributed by atoms with van der Waals surface area (Å²) >= 11 is 1.36. The normalized spacial score (nSPS) is 10.5. The molecule has 1 amide bonds. The third kappa shape index (κ3) is 4.02. The second-order valence-corrected chi connectivity index (χ2v) is 6.06. The first-order valence-corrected chi connectivity index (χ1v) is 8.08. The van der Waals surface area contributed by atoms with Gasteiger partial charge in [-0.3, -0.25) is 4.79 Å². The monoisotopic (exact) mass is 326 g/mol. The average molecular weight is 326 g/mol. The summed E-state index contributed by atoms with van der Waals surface area (Å²) in [6.45, 7) is 0.459. The van der Waals surface area contributed by atoms with Crippen molar-refractivity contribution < 1.29 is 9.18 Å². The van der Waals surface area contributed by atoms with Gasteiger partial charge in [0.15, 0.2) is 0 Å². The number of hydrogen-bond donors (Lipinski definition) is 1. The van der Waals surface area contributed by atoms with Crippen molar-refractivity contribution in [3.63, 3.8) is 0 Å². The second kappa shape index (κ2) is 7.15.